The lowest BCUT2D eigenvalue weighted by Crippen LogP contribution is -2.39. The van der Waals surface area contributed by atoms with Crippen LogP contribution >= 0.6 is 11.6 Å². The van der Waals surface area contributed by atoms with Gasteiger partial charge in [-0.3, -0.25) is 15.0 Å². The van der Waals surface area contributed by atoms with E-state index in [4.69, 9.17) is 11.6 Å². The summed E-state index contributed by atoms with van der Waals surface area (Å²) in [5, 5.41) is -1.63. The van der Waals surface area contributed by atoms with Gasteiger partial charge in [0, 0.05) is 88.5 Å². The molecular formula is C88H100ClF5N10O10S5. The molecule has 634 valence electrons. The molecule has 0 saturated heterocycles. The van der Waals surface area contributed by atoms with Gasteiger partial charge < -0.3 is 0 Å². The van der Waals surface area contributed by atoms with E-state index in [0.717, 1.165) is 103 Å². The Hall–Kier alpha value is -8.66. The fraction of sp³-hybridized carbons (Fsp3) is 0.375. The van der Waals surface area contributed by atoms with E-state index in [1.54, 1.807) is 113 Å². The second-order valence-corrected chi connectivity index (χ2v) is 44.0. The van der Waals surface area contributed by atoms with Crippen molar-refractivity contribution in [2.24, 2.45) is 0 Å². The van der Waals surface area contributed by atoms with E-state index in [-0.39, 0.29) is 41.7 Å². The molecule has 0 unspecified atom stereocenters. The quantitative estimate of drug-likeness (QED) is 0.0350. The van der Waals surface area contributed by atoms with Crippen LogP contribution in [0.15, 0.2) is 177 Å². The van der Waals surface area contributed by atoms with Crippen LogP contribution in [-0.4, -0.2) is 123 Å². The number of hydrogen-bond donors (Lipinski definition) is 5. The molecule has 0 fully saturated rings. The van der Waals surface area contributed by atoms with Crippen LogP contribution in [0.1, 0.15) is 142 Å². The highest BCUT2D eigenvalue weighted by molar-refractivity contribution is 7.91. The number of sulfonamides is 5. The van der Waals surface area contributed by atoms with Crippen molar-refractivity contribution in [3.8, 4) is 55.9 Å². The lowest BCUT2D eigenvalue weighted by atomic mass is 10.0. The van der Waals surface area contributed by atoms with Gasteiger partial charge in [0.1, 0.15) is 11.5 Å². The van der Waals surface area contributed by atoms with Crippen LogP contribution in [0.2, 0.25) is 5.02 Å². The first-order valence-electron chi connectivity index (χ1n) is 39.3. The third kappa shape index (κ3) is 23.7. The van der Waals surface area contributed by atoms with Crippen LogP contribution in [-0.2, 0) is 121 Å². The number of halogens is 6. The van der Waals surface area contributed by atoms with Crippen molar-refractivity contribution in [3.05, 3.63) is 266 Å². The normalized spacial score (nSPS) is 17.5. The van der Waals surface area contributed by atoms with Crippen LogP contribution < -0.4 is 23.6 Å². The molecule has 5 aromatic carbocycles. The first kappa shape index (κ1) is 91.1. The molecule has 0 spiro atoms. The predicted molar refractivity (Wildman–Crippen MR) is 460 cm³/mol. The summed E-state index contributed by atoms with van der Waals surface area (Å²) >= 11 is 5.87. The van der Waals surface area contributed by atoms with E-state index in [2.05, 4.69) is 84.9 Å². The van der Waals surface area contributed by atoms with Crippen molar-refractivity contribution in [2.45, 2.75) is 210 Å². The van der Waals surface area contributed by atoms with E-state index in [1.807, 2.05) is 80.0 Å². The summed E-state index contributed by atoms with van der Waals surface area (Å²) in [5.41, 5.74) is 19.8. The highest BCUT2D eigenvalue weighted by atomic mass is 35.5. The van der Waals surface area contributed by atoms with Gasteiger partial charge in [-0.15, -0.1) is 0 Å². The van der Waals surface area contributed by atoms with Gasteiger partial charge in [0.15, 0.2) is 0 Å². The Balaban J connectivity index is 0.000000146. The number of fused-ring (bicyclic) bond motifs is 5. The third-order valence-corrected chi connectivity index (χ3v) is 31.1. The van der Waals surface area contributed by atoms with Gasteiger partial charge >= 0.3 is 6.18 Å². The summed E-state index contributed by atoms with van der Waals surface area (Å²) in [6, 6.07) is 43.5. The minimum absolute atomic E-state index is 0.0386. The highest BCUT2D eigenvalue weighted by Crippen LogP contribution is 2.36. The molecule has 5 N–H and O–H groups in total. The number of nitrogens with zero attached hydrogens (tertiary/aromatic N) is 5. The molecular weight excluding hydrogens is 1650 g/mol. The zero-order valence-corrected chi connectivity index (χ0v) is 73.1. The largest absolute Gasteiger partial charge is 0.433 e. The van der Waals surface area contributed by atoms with Crippen LogP contribution in [0.5, 0.6) is 0 Å². The summed E-state index contributed by atoms with van der Waals surface area (Å²) in [6.45, 7) is 20.4. The third-order valence-electron chi connectivity index (χ3n) is 21.4. The van der Waals surface area contributed by atoms with E-state index in [1.165, 1.54) is 46.6 Å². The molecule has 5 heterocycles. The molecule has 10 aromatic rings. The second-order valence-electron chi connectivity index (χ2n) is 32.2. The van der Waals surface area contributed by atoms with Gasteiger partial charge in [-0.25, -0.2) is 80.1 Å². The highest BCUT2D eigenvalue weighted by Gasteiger charge is 2.35. The molecule has 5 aliphatic rings. The number of alkyl halides is 3. The zero-order chi connectivity index (χ0) is 86.4. The Morgan fingerprint density at radius 1 is 0.353 bits per heavy atom. The lowest BCUT2D eigenvalue weighted by Gasteiger charge is -2.14. The first-order valence-corrected chi connectivity index (χ1v) is 47.5. The molecule has 5 aliphatic carbocycles. The number of aromatic nitrogens is 5. The Bertz CT molecular complexity index is 5830. The lowest BCUT2D eigenvalue weighted by molar-refractivity contribution is -0.141. The van der Waals surface area contributed by atoms with Crippen LogP contribution in [0.25, 0.3) is 55.9 Å². The molecule has 31 heteroatoms. The van der Waals surface area contributed by atoms with Crippen molar-refractivity contribution in [2.75, 3.05) is 0 Å². The second kappa shape index (κ2) is 37.8. The van der Waals surface area contributed by atoms with Crippen molar-refractivity contribution in [3.63, 3.8) is 0 Å². The molecule has 0 amide bonds. The smallest absolute Gasteiger partial charge is 0.264 e. The minimum atomic E-state index is -4.49. The van der Waals surface area contributed by atoms with Crippen molar-refractivity contribution in [1.82, 2.24) is 48.5 Å². The maximum Gasteiger partial charge on any atom is 0.433 e. The number of pyridine rings is 5. The Kier molecular flexibility index (Phi) is 28.9. The Morgan fingerprint density at radius 2 is 0.697 bits per heavy atom. The molecule has 0 saturated carbocycles. The topological polar surface area (TPSA) is 295 Å². The summed E-state index contributed by atoms with van der Waals surface area (Å²) in [6.07, 6.45) is 10.3. The molecule has 0 bridgehead atoms. The monoisotopic (exact) mass is 1750 g/mol. The van der Waals surface area contributed by atoms with Gasteiger partial charge in [0.2, 0.25) is 56.1 Å². The summed E-state index contributed by atoms with van der Waals surface area (Å²) in [5.74, 6) is -0.851. The molecule has 15 rings (SSSR count). The zero-order valence-electron chi connectivity index (χ0n) is 68.2. The van der Waals surface area contributed by atoms with E-state index in [9.17, 15) is 64.0 Å². The maximum atomic E-state index is 14.1. The molecule has 0 radical (unpaired) electrons. The SMILES string of the molecule is CC(C)S(=O)(=O)N[C@H]1Cc2ccc(-c3ccc(Cl)cn3)cc2C1.CC(C)S(=O)(=O)N[C@H]1Cc2ccc(-c3cccc(C(F)(F)F)n3)cc2C1.CC(C)S(=O)(=O)N[C@H]1Cc2ccc(-c3cncc(F)c3)cc2C1.Cc1ccc(-c2ccc3c(c2)C[C@@H](NS(=O)(=O)C(C)C)C3)c(F)n1.Cc1cncc(-c2ccc3c(c2)C[C@@H](NS(=O)(=O)C(C)C)C3)c1. The van der Waals surface area contributed by atoms with Gasteiger partial charge in [-0.05, 0) is 286 Å². The Labute approximate surface area is 701 Å². The average molecular weight is 1750 g/mol. The van der Waals surface area contributed by atoms with Crippen molar-refractivity contribution in [1.29, 1.82) is 0 Å². The Morgan fingerprint density at radius 3 is 1.05 bits per heavy atom. The van der Waals surface area contributed by atoms with Crippen molar-refractivity contribution < 1.29 is 64.0 Å². The molecule has 5 aromatic heterocycles. The number of hydrogen-bond acceptors (Lipinski definition) is 15. The van der Waals surface area contributed by atoms with Crippen molar-refractivity contribution >= 4 is 61.7 Å². The fourth-order valence-electron chi connectivity index (χ4n) is 14.5. The van der Waals surface area contributed by atoms with E-state index in [0.29, 0.717) is 66.8 Å². The first-order chi connectivity index (χ1) is 55.9. The number of rotatable bonds is 20. The molecule has 119 heavy (non-hydrogen) atoms. The fourth-order valence-corrected chi connectivity index (χ4v) is 19.1. The minimum Gasteiger partial charge on any atom is -0.264 e. The van der Waals surface area contributed by atoms with Crippen LogP contribution in [0, 0.1) is 25.6 Å². The molecule has 0 aliphatic heterocycles. The number of aryl methyl sites for hydroxylation is 2. The van der Waals surface area contributed by atoms with E-state index < -0.39 is 94.2 Å². The van der Waals surface area contributed by atoms with Gasteiger partial charge in [0.25, 0.3) is 0 Å². The summed E-state index contributed by atoms with van der Waals surface area (Å²) < 4.78 is 200. The number of benzene rings is 5. The summed E-state index contributed by atoms with van der Waals surface area (Å²) in [4.78, 5) is 20.0. The molecule has 5 atom stereocenters. The van der Waals surface area contributed by atoms with Crippen LogP contribution in [0.3, 0.4) is 0 Å². The van der Waals surface area contributed by atoms with Gasteiger partial charge in [0.05, 0.1) is 48.9 Å². The number of nitrogens with one attached hydrogen (secondary N) is 5. The van der Waals surface area contributed by atoms with Gasteiger partial charge in [-0.2, -0.15) is 17.6 Å². The average Bonchev–Trinajstić information content (AvgIpc) is 1.51. The maximum absolute atomic E-state index is 14.1. The van der Waals surface area contributed by atoms with Gasteiger partial charge in [-0.1, -0.05) is 96.5 Å². The molecule has 20 nitrogen and oxygen atoms in total. The summed E-state index contributed by atoms with van der Waals surface area (Å²) in [7, 11) is -16.4. The predicted octanol–water partition coefficient (Wildman–Crippen LogP) is 15.3. The van der Waals surface area contributed by atoms with E-state index >= 15 is 0 Å². The van der Waals surface area contributed by atoms with Crippen LogP contribution in [0.4, 0.5) is 22.0 Å². The standard InChI is InChI=1S/C18H19F3N2O2S.C18H21FN2O2S.C18H22N2O2S.C17H19ClN2O2S.C17H19FN2O2S/c1-11(2)26(24,25)23-15-9-12-6-7-13(8-14(12)10-15)16-4-3-5-17(22-16)18(19,20)21;1-11(2)24(22,23)21-16-9-13-5-6-14(8-15(13)10-16)17-7-4-12(3)20-18(17)19;1-12(2)23(21,22)20-18-8-15-5-4-14(7-16(15)9-18)17-6-13(3)10-19-11-17;1-11(2)23(21,22)20-16-8-12-3-4-13(7-14(12)9-16)17-6-5-15(18)10-19-17;1-11(2)23(21,22)20-17-7-13-4-3-12(5-14(13)8-17)15-6-16(18)10-19-9-15/h3-8,11,15,23H,9-10H2,1-2H3;4-8,11,16,21H,9-10H2,1-3H3;4-7,10-12,18,20H,8-9H2,1-3H3;3-7,10-11,16,20H,8-9H2,1-2H3;3-6,9-11,17,20H,7-8H2,1-2H3/t15-;16-;18-;16-;17-/m00000/s1.